The van der Waals surface area contributed by atoms with Crippen LogP contribution in [0.25, 0.3) is 0 Å². The Kier molecular flexibility index (Phi) is 4.90. The van der Waals surface area contributed by atoms with Gasteiger partial charge in [0, 0.05) is 18.7 Å². The molecule has 130 valence electrons. The Morgan fingerprint density at radius 3 is 2.52 bits per heavy atom. The Hall–Kier alpha value is -2.60. The van der Waals surface area contributed by atoms with Gasteiger partial charge in [0.05, 0.1) is 10.6 Å². The lowest BCUT2D eigenvalue weighted by Crippen LogP contribution is -2.13. The summed E-state index contributed by atoms with van der Waals surface area (Å²) in [7, 11) is 1.81. The van der Waals surface area contributed by atoms with E-state index >= 15 is 0 Å². The van der Waals surface area contributed by atoms with Crippen LogP contribution in [0.4, 0.5) is 5.82 Å². The summed E-state index contributed by atoms with van der Waals surface area (Å²) in [5, 5.41) is 9.06. The molecule has 0 unspecified atom stereocenters. The monoisotopic (exact) mass is 355 g/mol. The average Bonchev–Trinajstić information content (AvgIpc) is 3.11. The van der Waals surface area contributed by atoms with Crippen molar-refractivity contribution in [3.05, 3.63) is 63.0 Å². The lowest BCUT2D eigenvalue weighted by molar-refractivity contribution is 0.102. The summed E-state index contributed by atoms with van der Waals surface area (Å²) in [6.07, 6.45) is 0. The Balaban J connectivity index is 1.63. The number of benzene rings is 1. The summed E-state index contributed by atoms with van der Waals surface area (Å²) < 4.78 is 7.51. The number of hydrogen-bond donors (Lipinski definition) is 1. The Bertz CT molecular complexity index is 891. The number of nitrogens with zero attached hydrogens (tertiary/aromatic N) is 2. The number of nitrogens with one attached hydrogen (secondary N) is 1. The van der Waals surface area contributed by atoms with Gasteiger partial charge in [-0.25, -0.2) is 0 Å². The van der Waals surface area contributed by atoms with Crippen molar-refractivity contribution in [1.29, 1.82) is 0 Å². The minimum atomic E-state index is -0.134. The van der Waals surface area contributed by atoms with E-state index in [0.717, 1.165) is 17.0 Å². The van der Waals surface area contributed by atoms with Gasteiger partial charge in [-0.2, -0.15) is 5.10 Å². The molecule has 2 aromatic heterocycles. The van der Waals surface area contributed by atoms with Gasteiger partial charge in [0.1, 0.15) is 18.2 Å². The first-order chi connectivity index (χ1) is 11.9. The second kappa shape index (κ2) is 7.11. The van der Waals surface area contributed by atoms with Crippen LogP contribution in [0.2, 0.25) is 0 Å². The normalized spacial score (nSPS) is 10.7. The first-order valence-electron chi connectivity index (χ1n) is 8.01. The number of hydrogen-bond acceptors (Lipinski definition) is 4. The van der Waals surface area contributed by atoms with Crippen molar-refractivity contribution in [2.24, 2.45) is 7.05 Å². The third kappa shape index (κ3) is 4.28. The summed E-state index contributed by atoms with van der Waals surface area (Å²) >= 11 is 1.41. The van der Waals surface area contributed by atoms with Crippen LogP contribution in [0, 0.1) is 20.8 Å². The molecule has 0 radical (unpaired) electrons. The first kappa shape index (κ1) is 17.2. The lowest BCUT2D eigenvalue weighted by Gasteiger charge is -2.07. The maximum atomic E-state index is 12.4. The number of carbonyl (C=O) groups is 1. The van der Waals surface area contributed by atoms with Crippen molar-refractivity contribution in [2.45, 2.75) is 27.4 Å². The smallest absolute Gasteiger partial charge is 0.266 e. The Morgan fingerprint density at radius 1 is 1.16 bits per heavy atom. The van der Waals surface area contributed by atoms with Crippen LogP contribution < -0.4 is 10.1 Å². The highest BCUT2D eigenvalue weighted by molar-refractivity contribution is 7.12. The van der Waals surface area contributed by atoms with Crippen LogP contribution in [0.5, 0.6) is 5.75 Å². The van der Waals surface area contributed by atoms with E-state index < -0.39 is 0 Å². The van der Waals surface area contributed by atoms with Crippen molar-refractivity contribution < 1.29 is 9.53 Å². The second-order valence-electron chi connectivity index (χ2n) is 6.18. The molecule has 0 spiro atoms. The first-order valence-corrected chi connectivity index (χ1v) is 8.89. The van der Waals surface area contributed by atoms with Crippen molar-refractivity contribution in [3.63, 3.8) is 0 Å². The summed E-state index contributed by atoms with van der Waals surface area (Å²) in [6.45, 7) is 6.43. The maximum absolute atomic E-state index is 12.4. The molecule has 1 N–H and O–H groups in total. The fraction of sp³-hybridized carbons (Fsp3) is 0.263. The molecule has 0 atom stereocenters. The molecule has 0 fully saturated rings. The molecule has 2 heterocycles. The van der Waals surface area contributed by atoms with E-state index in [2.05, 4.69) is 16.5 Å². The van der Waals surface area contributed by atoms with Crippen LogP contribution >= 0.6 is 11.3 Å². The number of ether oxygens (including phenoxy) is 1. The van der Waals surface area contributed by atoms with E-state index in [1.54, 1.807) is 11.7 Å². The van der Waals surface area contributed by atoms with Crippen LogP contribution in [0.1, 0.15) is 32.1 Å². The van der Waals surface area contributed by atoms with E-state index in [1.807, 2.05) is 50.4 Å². The molecular weight excluding hydrogens is 334 g/mol. The van der Waals surface area contributed by atoms with E-state index in [1.165, 1.54) is 22.5 Å². The van der Waals surface area contributed by atoms with Crippen LogP contribution in [-0.4, -0.2) is 15.7 Å². The van der Waals surface area contributed by atoms with Crippen LogP contribution in [0.15, 0.2) is 35.7 Å². The molecular formula is C19H21N3O2S. The van der Waals surface area contributed by atoms with Gasteiger partial charge < -0.3 is 10.1 Å². The summed E-state index contributed by atoms with van der Waals surface area (Å²) in [5.41, 5.74) is 4.20. The molecule has 0 aliphatic heterocycles. The molecule has 0 aliphatic carbocycles. The van der Waals surface area contributed by atoms with Crippen LogP contribution in [-0.2, 0) is 13.7 Å². The van der Waals surface area contributed by atoms with Crippen molar-refractivity contribution >= 4 is 23.1 Å². The van der Waals surface area contributed by atoms with Crippen LogP contribution in [0.3, 0.4) is 0 Å². The van der Waals surface area contributed by atoms with Crippen molar-refractivity contribution in [3.8, 4) is 5.75 Å². The zero-order valence-electron chi connectivity index (χ0n) is 14.8. The minimum Gasteiger partial charge on any atom is -0.489 e. The highest BCUT2D eigenvalue weighted by atomic mass is 32.1. The number of thiophene rings is 1. The second-order valence-corrected chi connectivity index (χ2v) is 7.09. The van der Waals surface area contributed by atoms with Gasteiger partial charge >= 0.3 is 0 Å². The fourth-order valence-corrected chi connectivity index (χ4v) is 3.45. The van der Waals surface area contributed by atoms with Gasteiger partial charge in [-0.3, -0.25) is 9.48 Å². The third-order valence-electron chi connectivity index (χ3n) is 3.72. The molecule has 5 nitrogen and oxygen atoms in total. The van der Waals surface area contributed by atoms with Gasteiger partial charge in [-0.15, -0.1) is 11.3 Å². The minimum absolute atomic E-state index is 0.134. The van der Waals surface area contributed by atoms with Crippen molar-refractivity contribution in [1.82, 2.24) is 9.78 Å². The number of rotatable bonds is 5. The number of aryl methyl sites for hydroxylation is 4. The number of aromatic nitrogens is 2. The highest BCUT2D eigenvalue weighted by Gasteiger charge is 2.12. The highest BCUT2D eigenvalue weighted by Crippen LogP contribution is 2.21. The molecule has 25 heavy (non-hydrogen) atoms. The average molecular weight is 355 g/mol. The SMILES string of the molecule is Cc1cc(C)cc(OCc2csc(C(=O)Nc3cc(C)nn3C)c2)c1. The lowest BCUT2D eigenvalue weighted by atomic mass is 10.1. The Morgan fingerprint density at radius 2 is 1.88 bits per heavy atom. The number of anilines is 1. The van der Waals surface area contributed by atoms with E-state index in [4.69, 9.17) is 4.74 Å². The van der Waals surface area contributed by atoms with E-state index in [9.17, 15) is 4.79 Å². The molecule has 0 saturated carbocycles. The molecule has 3 aromatic rings. The van der Waals surface area contributed by atoms with Gasteiger partial charge in [0.2, 0.25) is 0 Å². The maximum Gasteiger partial charge on any atom is 0.266 e. The van der Waals surface area contributed by atoms with Crippen molar-refractivity contribution in [2.75, 3.05) is 5.32 Å². The molecule has 6 heteroatoms. The van der Waals surface area contributed by atoms with Gasteiger partial charge in [0.25, 0.3) is 5.91 Å². The quantitative estimate of drug-likeness (QED) is 0.745. The fourth-order valence-electron chi connectivity index (χ4n) is 2.66. The molecule has 3 rings (SSSR count). The standard InChI is InChI=1S/C19H21N3O2S/c1-12-5-13(2)7-16(6-12)24-10-15-9-17(25-11-15)19(23)20-18-8-14(3)21-22(18)4/h5-9,11H,10H2,1-4H3,(H,20,23). The Labute approximate surface area is 151 Å². The number of amides is 1. The van der Waals surface area contributed by atoms with Gasteiger partial charge in [0.15, 0.2) is 0 Å². The molecule has 0 bridgehead atoms. The van der Waals surface area contributed by atoms with Gasteiger partial charge in [-0.05, 0) is 55.5 Å². The molecule has 1 aromatic carbocycles. The molecule has 0 saturated heterocycles. The summed E-state index contributed by atoms with van der Waals surface area (Å²) in [4.78, 5) is 13.0. The largest absolute Gasteiger partial charge is 0.489 e. The summed E-state index contributed by atoms with van der Waals surface area (Å²) in [6, 6.07) is 9.84. The summed E-state index contributed by atoms with van der Waals surface area (Å²) in [5.74, 6) is 1.40. The zero-order chi connectivity index (χ0) is 18.0. The van der Waals surface area contributed by atoms with Gasteiger partial charge in [-0.1, -0.05) is 6.07 Å². The molecule has 0 aliphatic rings. The topological polar surface area (TPSA) is 56.1 Å². The molecule has 1 amide bonds. The third-order valence-corrected chi connectivity index (χ3v) is 4.70. The predicted octanol–water partition coefficient (Wildman–Crippen LogP) is 4.24. The zero-order valence-corrected chi connectivity index (χ0v) is 15.6. The predicted molar refractivity (Wildman–Crippen MR) is 100 cm³/mol. The van der Waals surface area contributed by atoms with E-state index in [0.29, 0.717) is 17.3 Å². The number of carbonyl (C=O) groups excluding carboxylic acids is 1. The van der Waals surface area contributed by atoms with E-state index in [-0.39, 0.29) is 5.91 Å².